The van der Waals surface area contributed by atoms with E-state index in [-0.39, 0.29) is 23.5 Å². The Kier molecular flexibility index (Phi) is 5.70. The maximum absolute atomic E-state index is 11.8. The number of hydrogen-bond donors (Lipinski definition) is 2. The smallest absolute Gasteiger partial charge is 0.315 e. The molecule has 2 N–H and O–H groups in total. The number of carbonyl (C=O) groups is 1. The van der Waals surface area contributed by atoms with Gasteiger partial charge in [-0.05, 0) is 30.0 Å². The summed E-state index contributed by atoms with van der Waals surface area (Å²) in [5, 5.41) is 5.45. The number of urea groups is 1. The van der Waals surface area contributed by atoms with Gasteiger partial charge in [0.25, 0.3) is 0 Å². The second-order valence-electron chi connectivity index (χ2n) is 5.52. The zero-order chi connectivity index (χ0) is 16.9. The number of hydrogen-bond acceptors (Lipinski definition) is 5. The molecule has 1 aliphatic heterocycles. The van der Waals surface area contributed by atoms with Crippen LogP contribution in [0.2, 0.25) is 0 Å². The van der Waals surface area contributed by atoms with E-state index in [9.17, 15) is 13.2 Å². The minimum absolute atomic E-state index is 0.00632. The maximum Gasteiger partial charge on any atom is 0.315 e. The number of carbonyl (C=O) groups excluding carboxylic acids is 1. The van der Waals surface area contributed by atoms with Crippen molar-refractivity contribution in [2.45, 2.75) is 13.0 Å². The molecule has 1 aromatic carbocycles. The van der Waals surface area contributed by atoms with Crippen molar-refractivity contribution in [3.05, 3.63) is 23.8 Å². The predicted molar refractivity (Wildman–Crippen MR) is 86.5 cm³/mol. The van der Waals surface area contributed by atoms with Gasteiger partial charge in [-0.25, -0.2) is 13.2 Å². The first kappa shape index (κ1) is 17.4. The molecule has 1 aromatic rings. The van der Waals surface area contributed by atoms with E-state index in [0.29, 0.717) is 31.0 Å². The van der Waals surface area contributed by atoms with Gasteiger partial charge < -0.3 is 20.1 Å². The number of benzene rings is 1. The van der Waals surface area contributed by atoms with E-state index in [1.54, 1.807) is 26.4 Å². The van der Waals surface area contributed by atoms with E-state index in [4.69, 9.17) is 9.47 Å². The molecule has 7 nitrogen and oxygen atoms in total. The van der Waals surface area contributed by atoms with E-state index in [1.807, 2.05) is 6.07 Å². The molecule has 0 aromatic heterocycles. The third-order valence-electron chi connectivity index (χ3n) is 3.78. The summed E-state index contributed by atoms with van der Waals surface area (Å²) in [5.41, 5.74) is 0.876. The molecule has 1 atom stereocenters. The SMILES string of the molecule is COc1ccc(CNC(=O)NCC2CCS(=O)(=O)C2)cc1OC. The highest BCUT2D eigenvalue weighted by Gasteiger charge is 2.27. The average molecular weight is 342 g/mol. The monoisotopic (exact) mass is 342 g/mol. The van der Waals surface area contributed by atoms with Gasteiger partial charge in [0.1, 0.15) is 0 Å². The summed E-state index contributed by atoms with van der Waals surface area (Å²) in [4.78, 5) is 11.8. The van der Waals surface area contributed by atoms with Crippen molar-refractivity contribution in [2.75, 3.05) is 32.3 Å². The highest BCUT2D eigenvalue weighted by atomic mass is 32.2. The lowest BCUT2D eigenvalue weighted by molar-refractivity contribution is 0.239. The molecule has 1 unspecified atom stereocenters. The standard InChI is InChI=1S/C15H22N2O5S/c1-21-13-4-3-11(7-14(13)22-2)8-16-15(18)17-9-12-5-6-23(19,20)10-12/h3-4,7,12H,5-6,8-10H2,1-2H3,(H2,16,17,18). The predicted octanol–water partition coefficient (Wildman–Crippen LogP) is 0.938. The van der Waals surface area contributed by atoms with Gasteiger partial charge in [-0.15, -0.1) is 0 Å². The van der Waals surface area contributed by atoms with E-state index < -0.39 is 9.84 Å². The normalized spacial score (nSPS) is 19.1. The lowest BCUT2D eigenvalue weighted by atomic mass is 10.1. The first-order valence-electron chi connectivity index (χ1n) is 7.36. The van der Waals surface area contributed by atoms with Gasteiger partial charge >= 0.3 is 6.03 Å². The third kappa shape index (κ3) is 5.02. The molecule has 2 rings (SSSR count). The Morgan fingerprint density at radius 3 is 2.57 bits per heavy atom. The summed E-state index contributed by atoms with van der Waals surface area (Å²) in [6, 6.07) is 5.09. The number of ether oxygens (including phenoxy) is 2. The third-order valence-corrected chi connectivity index (χ3v) is 5.62. The van der Waals surface area contributed by atoms with Gasteiger partial charge in [0, 0.05) is 13.1 Å². The van der Waals surface area contributed by atoms with Crippen LogP contribution in [0, 0.1) is 5.92 Å². The number of nitrogens with one attached hydrogen (secondary N) is 2. The fourth-order valence-electron chi connectivity index (χ4n) is 2.51. The van der Waals surface area contributed by atoms with Crippen molar-refractivity contribution < 1.29 is 22.7 Å². The highest BCUT2D eigenvalue weighted by molar-refractivity contribution is 7.91. The highest BCUT2D eigenvalue weighted by Crippen LogP contribution is 2.27. The fraction of sp³-hybridized carbons (Fsp3) is 0.533. The van der Waals surface area contributed by atoms with Crippen molar-refractivity contribution in [2.24, 2.45) is 5.92 Å². The van der Waals surface area contributed by atoms with Crippen LogP contribution in [0.1, 0.15) is 12.0 Å². The van der Waals surface area contributed by atoms with Gasteiger partial charge in [-0.1, -0.05) is 6.07 Å². The lowest BCUT2D eigenvalue weighted by Crippen LogP contribution is -2.38. The molecule has 1 fully saturated rings. The Bertz CT molecular complexity index is 660. The van der Waals surface area contributed by atoms with Crippen molar-refractivity contribution in [3.63, 3.8) is 0 Å². The molecule has 8 heteroatoms. The molecular formula is C15H22N2O5S. The molecular weight excluding hydrogens is 320 g/mol. The minimum Gasteiger partial charge on any atom is -0.493 e. The van der Waals surface area contributed by atoms with E-state index in [1.165, 1.54) is 0 Å². The molecule has 23 heavy (non-hydrogen) atoms. The number of sulfone groups is 1. The molecule has 1 heterocycles. The van der Waals surface area contributed by atoms with Crippen molar-refractivity contribution in [1.82, 2.24) is 10.6 Å². The van der Waals surface area contributed by atoms with Crippen LogP contribution in [-0.4, -0.2) is 46.7 Å². The second kappa shape index (κ2) is 7.54. The van der Waals surface area contributed by atoms with Gasteiger partial charge in [-0.3, -0.25) is 0 Å². The van der Waals surface area contributed by atoms with Crippen LogP contribution < -0.4 is 20.1 Å². The summed E-state index contributed by atoms with van der Waals surface area (Å²) in [7, 11) is 0.205. The second-order valence-corrected chi connectivity index (χ2v) is 7.75. The molecule has 0 saturated carbocycles. The zero-order valence-electron chi connectivity index (χ0n) is 13.3. The number of amides is 2. The Morgan fingerprint density at radius 2 is 1.96 bits per heavy atom. The summed E-state index contributed by atoms with van der Waals surface area (Å²) in [5.74, 6) is 1.61. The zero-order valence-corrected chi connectivity index (χ0v) is 14.1. The average Bonchev–Trinajstić information content (AvgIpc) is 2.89. The molecule has 0 radical (unpaired) electrons. The number of methoxy groups -OCH3 is 2. The van der Waals surface area contributed by atoms with Gasteiger partial charge in [0.15, 0.2) is 21.3 Å². The van der Waals surface area contributed by atoms with Crippen LogP contribution in [0.4, 0.5) is 4.79 Å². The molecule has 0 spiro atoms. The van der Waals surface area contributed by atoms with Gasteiger partial charge in [0.05, 0.1) is 25.7 Å². The maximum atomic E-state index is 11.8. The Balaban J connectivity index is 1.78. The summed E-state index contributed by atoms with van der Waals surface area (Å²) >= 11 is 0. The van der Waals surface area contributed by atoms with E-state index in [2.05, 4.69) is 10.6 Å². The summed E-state index contributed by atoms with van der Waals surface area (Å²) < 4.78 is 33.1. The van der Waals surface area contributed by atoms with Gasteiger partial charge in [-0.2, -0.15) is 0 Å². The molecule has 2 amide bonds. The Hall–Kier alpha value is -1.96. The molecule has 128 valence electrons. The van der Waals surface area contributed by atoms with E-state index >= 15 is 0 Å². The van der Waals surface area contributed by atoms with Crippen LogP contribution in [-0.2, 0) is 16.4 Å². The summed E-state index contributed by atoms with van der Waals surface area (Å²) in [6.07, 6.45) is 0.609. The van der Waals surface area contributed by atoms with Crippen LogP contribution in [0.15, 0.2) is 18.2 Å². The summed E-state index contributed by atoms with van der Waals surface area (Å²) in [6.45, 7) is 0.714. The Labute approximate surface area is 136 Å². The van der Waals surface area contributed by atoms with Crippen molar-refractivity contribution >= 4 is 15.9 Å². The fourth-order valence-corrected chi connectivity index (χ4v) is 4.37. The van der Waals surface area contributed by atoms with Crippen LogP contribution in [0.3, 0.4) is 0 Å². The van der Waals surface area contributed by atoms with Crippen LogP contribution >= 0.6 is 0 Å². The number of rotatable bonds is 6. The topological polar surface area (TPSA) is 93.7 Å². The first-order valence-corrected chi connectivity index (χ1v) is 9.18. The van der Waals surface area contributed by atoms with Crippen molar-refractivity contribution in [3.8, 4) is 11.5 Å². The van der Waals surface area contributed by atoms with Gasteiger partial charge in [0.2, 0.25) is 0 Å². The minimum atomic E-state index is -2.91. The molecule has 1 saturated heterocycles. The quantitative estimate of drug-likeness (QED) is 0.802. The Morgan fingerprint density at radius 1 is 1.22 bits per heavy atom. The molecule has 0 bridgehead atoms. The first-order chi connectivity index (χ1) is 10.9. The molecule has 0 aliphatic carbocycles. The van der Waals surface area contributed by atoms with Crippen molar-refractivity contribution in [1.29, 1.82) is 0 Å². The lowest BCUT2D eigenvalue weighted by Gasteiger charge is -2.12. The van der Waals surface area contributed by atoms with Crippen LogP contribution in [0.5, 0.6) is 11.5 Å². The largest absolute Gasteiger partial charge is 0.493 e. The molecule has 1 aliphatic rings. The van der Waals surface area contributed by atoms with E-state index in [0.717, 1.165) is 5.56 Å². The van der Waals surface area contributed by atoms with Crippen LogP contribution in [0.25, 0.3) is 0 Å².